The lowest BCUT2D eigenvalue weighted by Crippen LogP contribution is -2.21. The van der Waals surface area contributed by atoms with Gasteiger partial charge in [0.15, 0.2) is 0 Å². The monoisotopic (exact) mass is 220 g/mol. The summed E-state index contributed by atoms with van der Waals surface area (Å²) in [6.45, 7) is 1.19. The van der Waals surface area contributed by atoms with Crippen molar-refractivity contribution in [3.63, 3.8) is 0 Å². The predicted octanol–water partition coefficient (Wildman–Crippen LogP) is 1.36. The highest BCUT2D eigenvalue weighted by molar-refractivity contribution is 6.33. The molecular formula is C8H8BF3O3. The van der Waals surface area contributed by atoms with Gasteiger partial charge in [0.25, 0.3) is 0 Å². The van der Waals surface area contributed by atoms with Gasteiger partial charge in [0.2, 0.25) is 0 Å². The van der Waals surface area contributed by atoms with Crippen LogP contribution >= 0.6 is 0 Å². The molecule has 0 atom stereocenters. The summed E-state index contributed by atoms with van der Waals surface area (Å²) in [6.07, 6.45) is -4.48. The van der Waals surface area contributed by atoms with Gasteiger partial charge in [0.1, 0.15) is 5.75 Å². The first-order valence-electron chi connectivity index (χ1n) is 4.02. The summed E-state index contributed by atoms with van der Waals surface area (Å²) in [4.78, 5) is 0. The summed E-state index contributed by atoms with van der Waals surface area (Å²) in [5.41, 5.74) is -1.04. The summed E-state index contributed by atoms with van der Waals surface area (Å²) in [5, 5.41) is 17.0. The summed E-state index contributed by atoms with van der Waals surface area (Å²) in [7, 11) is -2.13. The fraction of sp³-hybridized carbons (Fsp3) is 0.250. The van der Waals surface area contributed by atoms with Gasteiger partial charge in [-0.3, -0.25) is 0 Å². The van der Waals surface area contributed by atoms with E-state index in [1.807, 2.05) is 0 Å². The first-order chi connectivity index (χ1) is 6.82. The van der Waals surface area contributed by atoms with E-state index in [2.05, 4.69) is 4.65 Å². The van der Waals surface area contributed by atoms with E-state index in [1.54, 1.807) is 0 Å². The molecule has 0 saturated heterocycles. The van der Waals surface area contributed by atoms with Crippen LogP contribution in [0.1, 0.15) is 11.1 Å². The van der Waals surface area contributed by atoms with Gasteiger partial charge in [-0.15, -0.1) is 0 Å². The second-order valence-corrected chi connectivity index (χ2v) is 2.87. The Hall–Kier alpha value is -1.21. The van der Waals surface area contributed by atoms with Crippen molar-refractivity contribution in [2.24, 2.45) is 0 Å². The van der Waals surface area contributed by atoms with Crippen LogP contribution in [0.3, 0.4) is 0 Å². The normalized spacial score (nSPS) is 11.3. The van der Waals surface area contributed by atoms with Crippen molar-refractivity contribution in [3.8, 4) is 5.75 Å². The second-order valence-electron chi connectivity index (χ2n) is 2.87. The lowest BCUT2D eigenvalue weighted by atomic mass is 10.1. The van der Waals surface area contributed by atoms with E-state index in [0.717, 1.165) is 12.1 Å². The molecule has 0 aromatic heterocycles. The third-order valence-electron chi connectivity index (χ3n) is 1.82. The minimum Gasteiger partial charge on any atom is -0.512 e. The third kappa shape index (κ3) is 2.87. The lowest BCUT2D eigenvalue weighted by Gasteiger charge is -2.14. The van der Waals surface area contributed by atoms with E-state index in [-0.39, 0.29) is 11.3 Å². The van der Waals surface area contributed by atoms with Crippen molar-refractivity contribution < 1.29 is 27.9 Å². The number of benzene rings is 1. The Morgan fingerprint density at radius 3 is 2.33 bits per heavy atom. The van der Waals surface area contributed by atoms with Crippen LogP contribution in [0.15, 0.2) is 18.2 Å². The summed E-state index contributed by atoms with van der Waals surface area (Å²) < 4.78 is 41.5. The molecule has 3 nitrogen and oxygen atoms in total. The number of hydrogen-bond acceptors (Lipinski definition) is 3. The molecule has 0 heterocycles. The molecule has 0 radical (unpaired) electrons. The zero-order valence-electron chi connectivity index (χ0n) is 7.75. The standard InChI is InChI=1S/C8H8BF3O3/c1-5-6(8(10,11)12)3-2-4-7(5)15-9(13)14/h2-4,13-14H,1H3. The molecule has 7 heteroatoms. The van der Waals surface area contributed by atoms with Crippen LogP contribution < -0.4 is 4.65 Å². The molecular weight excluding hydrogens is 212 g/mol. The lowest BCUT2D eigenvalue weighted by molar-refractivity contribution is -0.138. The maximum absolute atomic E-state index is 12.4. The van der Waals surface area contributed by atoms with Gasteiger partial charge in [0, 0.05) is 5.56 Å². The van der Waals surface area contributed by atoms with E-state index in [4.69, 9.17) is 10.0 Å². The fourth-order valence-corrected chi connectivity index (χ4v) is 1.16. The third-order valence-corrected chi connectivity index (χ3v) is 1.82. The van der Waals surface area contributed by atoms with Gasteiger partial charge in [-0.25, -0.2) is 0 Å². The van der Waals surface area contributed by atoms with Gasteiger partial charge in [-0.05, 0) is 19.1 Å². The Morgan fingerprint density at radius 2 is 1.87 bits per heavy atom. The maximum Gasteiger partial charge on any atom is 0.707 e. The van der Waals surface area contributed by atoms with E-state index in [9.17, 15) is 13.2 Å². The molecule has 1 rings (SSSR count). The number of rotatable bonds is 2. The van der Waals surface area contributed by atoms with Gasteiger partial charge in [-0.2, -0.15) is 13.2 Å². The van der Waals surface area contributed by atoms with E-state index < -0.39 is 19.1 Å². The first kappa shape index (κ1) is 11.9. The molecule has 1 aromatic carbocycles. The molecule has 82 valence electrons. The Morgan fingerprint density at radius 1 is 1.27 bits per heavy atom. The molecule has 1 aromatic rings. The van der Waals surface area contributed by atoms with Crippen LogP contribution in [-0.4, -0.2) is 17.4 Å². The molecule has 15 heavy (non-hydrogen) atoms. The highest BCUT2D eigenvalue weighted by Gasteiger charge is 2.33. The van der Waals surface area contributed by atoms with Crippen LogP contribution in [-0.2, 0) is 6.18 Å². The predicted molar refractivity (Wildman–Crippen MR) is 47.0 cm³/mol. The SMILES string of the molecule is Cc1c(OB(O)O)cccc1C(F)(F)F. The molecule has 0 bridgehead atoms. The molecule has 0 spiro atoms. The Bertz CT molecular complexity index is 351. The van der Waals surface area contributed by atoms with Gasteiger partial charge < -0.3 is 14.7 Å². The largest absolute Gasteiger partial charge is 0.707 e. The Labute approximate surface area is 84.3 Å². The average molecular weight is 220 g/mol. The minimum atomic E-state index is -4.48. The Kier molecular flexibility index (Phi) is 3.26. The van der Waals surface area contributed by atoms with E-state index >= 15 is 0 Å². The zero-order valence-corrected chi connectivity index (χ0v) is 7.75. The molecule has 0 aliphatic heterocycles. The molecule has 0 aliphatic carbocycles. The van der Waals surface area contributed by atoms with Gasteiger partial charge in [-0.1, -0.05) is 6.07 Å². The molecule has 0 unspecified atom stereocenters. The van der Waals surface area contributed by atoms with Gasteiger partial charge in [0.05, 0.1) is 5.56 Å². The first-order valence-corrected chi connectivity index (χ1v) is 4.02. The van der Waals surface area contributed by atoms with Crippen molar-refractivity contribution >= 4 is 7.32 Å². The second kappa shape index (κ2) is 4.12. The average Bonchev–Trinajstić information content (AvgIpc) is 2.05. The highest BCUT2D eigenvalue weighted by atomic mass is 19.4. The molecule has 0 saturated carbocycles. The zero-order chi connectivity index (χ0) is 11.6. The van der Waals surface area contributed by atoms with Crippen molar-refractivity contribution in [1.29, 1.82) is 0 Å². The fourth-order valence-electron chi connectivity index (χ4n) is 1.16. The summed E-state index contributed by atoms with van der Waals surface area (Å²) in [6, 6.07) is 3.25. The van der Waals surface area contributed by atoms with Crippen LogP contribution in [0.5, 0.6) is 5.75 Å². The minimum absolute atomic E-state index is 0.182. The van der Waals surface area contributed by atoms with Crippen LogP contribution in [0.2, 0.25) is 0 Å². The highest BCUT2D eigenvalue weighted by Crippen LogP contribution is 2.35. The molecule has 0 amide bonds. The molecule has 0 aliphatic rings. The number of alkyl halides is 3. The number of hydrogen-bond donors (Lipinski definition) is 2. The Balaban J connectivity index is 3.12. The smallest absolute Gasteiger partial charge is 0.512 e. The van der Waals surface area contributed by atoms with Gasteiger partial charge >= 0.3 is 13.5 Å². The van der Waals surface area contributed by atoms with Crippen molar-refractivity contribution in [1.82, 2.24) is 0 Å². The van der Waals surface area contributed by atoms with Crippen LogP contribution in [0.4, 0.5) is 13.2 Å². The summed E-state index contributed by atoms with van der Waals surface area (Å²) in [5.74, 6) is -0.208. The number of halogens is 3. The van der Waals surface area contributed by atoms with Crippen molar-refractivity contribution in [3.05, 3.63) is 29.3 Å². The van der Waals surface area contributed by atoms with E-state index in [0.29, 0.717) is 0 Å². The quantitative estimate of drug-likeness (QED) is 0.739. The topological polar surface area (TPSA) is 49.7 Å². The van der Waals surface area contributed by atoms with Crippen molar-refractivity contribution in [2.75, 3.05) is 0 Å². The molecule has 2 N–H and O–H groups in total. The summed E-state index contributed by atoms with van der Waals surface area (Å²) >= 11 is 0. The van der Waals surface area contributed by atoms with Crippen LogP contribution in [0, 0.1) is 6.92 Å². The maximum atomic E-state index is 12.4. The van der Waals surface area contributed by atoms with Crippen LogP contribution in [0.25, 0.3) is 0 Å². The molecule has 0 fully saturated rings. The van der Waals surface area contributed by atoms with Crippen molar-refractivity contribution in [2.45, 2.75) is 13.1 Å². The van der Waals surface area contributed by atoms with E-state index in [1.165, 1.54) is 13.0 Å².